The molecule has 1 aliphatic heterocycles. The van der Waals surface area contributed by atoms with Crippen molar-refractivity contribution in [2.24, 2.45) is 11.7 Å². The fourth-order valence-electron chi connectivity index (χ4n) is 3.72. The minimum atomic E-state index is -1.31. The van der Waals surface area contributed by atoms with E-state index in [0.29, 0.717) is 19.4 Å². The number of benzene rings is 1. The van der Waals surface area contributed by atoms with Gasteiger partial charge in [-0.25, -0.2) is 4.79 Å². The van der Waals surface area contributed by atoms with Gasteiger partial charge in [0.2, 0.25) is 17.7 Å². The Kier molecular flexibility index (Phi) is 10.8. The molecule has 3 amide bonds. The van der Waals surface area contributed by atoms with Crippen LogP contribution < -0.4 is 16.4 Å². The summed E-state index contributed by atoms with van der Waals surface area (Å²) in [6.45, 7) is 0.158. The van der Waals surface area contributed by atoms with Crippen LogP contribution in [-0.4, -0.2) is 70.7 Å². The quantitative estimate of drug-likeness (QED) is 0.259. The Balaban J connectivity index is 1.81. The second-order valence-electron chi connectivity index (χ2n) is 8.24. The van der Waals surface area contributed by atoms with Gasteiger partial charge in [-0.05, 0) is 31.2 Å². The Morgan fingerprint density at radius 2 is 1.97 bits per heavy atom. The summed E-state index contributed by atoms with van der Waals surface area (Å²) in [7, 11) is 0. The van der Waals surface area contributed by atoms with Crippen LogP contribution in [0.2, 0.25) is 0 Å². The number of thiol groups is 1. The Morgan fingerprint density at radius 3 is 2.59 bits per heavy atom. The van der Waals surface area contributed by atoms with Gasteiger partial charge in [-0.15, -0.1) is 0 Å². The van der Waals surface area contributed by atoms with Gasteiger partial charge in [0.25, 0.3) is 0 Å². The van der Waals surface area contributed by atoms with Gasteiger partial charge in [0, 0.05) is 25.3 Å². The molecule has 0 saturated carbocycles. The van der Waals surface area contributed by atoms with E-state index >= 15 is 0 Å². The number of nitrogens with zero attached hydrogens (tertiary/aromatic N) is 2. The van der Waals surface area contributed by atoms with Gasteiger partial charge in [-0.2, -0.15) is 17.9 Å². The molecule has 1 aliphatic rings. The van der Waals surface area contributed by atoms with Gasteiger partial charge >= 0.3 is 5.97 Å². The molecule has 4 atom stereocenters. The molecule has 2 unspecified atom stereocenters. The smallest absolute Gasteiger partial charge is 0.328 e. The average Bonchev–Trinajstić information content (AvgIpc) is 3.32. The number of carboxylic acids is 1. The highest BCUT2D eigenvalue weighted by Gasteiger charge is 2.32. The lowest BCUT2D eigenvalue weighted by Crippen LogP contribution is -2.50. The maximum absolute atomic E-state index is 12.6. The van der Waals surface area contributed by atoms with E-state index in [2.05, 4.69) is 29.3 Å². The summed E-state index contributed by atoms with van der Waals surface area (Å²) < 4.78 is 0. The topological polar surface area (TPSA) is 166 Å². The lowest BCUT2D eigenvalue weighted by atomic mass is 10.00. The summed E-state index contributed by atoms with van der Waals surface area (Å²) in [4.78, 5) is 50.2. The number of rotatable bonds is 12. The third kappa shape index (κ3) is 8.04. The van der Waals surface area contributed by atoms with Gasteiger partial charge < -0.3 is 26.4 Å². The van der Waals surface area contributed by atoms with Crippen molar-refractivity contribution in [2.75, 3.05) is 18.8 Å². The van der Waals surface area contributed by atoms with Crippen LogP contribution >= 0.6 is 12.6 Å². The molecule has 34 heavy (non-hydrogen) atoms. The molecule has 11 heteroatoms. The molecular weight excluding hydrogens is 458 g/mol. The minimum absolute atomic E-state index is 0.0578. The molecule has 1 aromatic rings. The number of hydrogen-bond acceptors (Lipinski definition) is 7. The number of nitrogens with one attached hydrogen (secondary N) is 2. The highest BCUT2D eigenvalue weighted by molar-refractivity contribution is 7.80. The second-order valence-corrected chi connectivity index (χ2v) is 8.60. The van der Waals surface area contributed by atoms with E-state index in [4.69, 9.17) is 11.0 Å². The van der Waals surface area contributed by atoms with E-state index in [1.807, 2.05) is 30.3 Å². The number of amides is 3. The van der Waals surface area contributed by atoms with Crippen molar-refractivity contribution >= 4 is 36.3 Å². The first-order chi connectivity index (χ1) is 16.3. The van der Waals surface area contributed by atoms with Crippen LogP contribution in [0.5, 0.6) is 0 Å². The van der Waals surface area contributed by atoms with Crippen molar-refractivity contribution in [3.05, 3.63) is 35.9 Å². The average molecular weight is 490 g/mol. The summed E-state index contributed by atoms with van der Waals surface area (Å²) in [5.74, 6) is -2.91. The molecule has 10 nitrogen and oxygen atoms in total. The molecule has 0 bridgehead atoms. The molecule has 0 spiro atoms. The van der Waals surface area contributed by atoms with Crippen molar-refractivity contribution in [1.29, 1.82) is 5.26 Å². The first-order valence-electron chi connectivity index (χ1n) is 11.2. The van der Waals surface area contributed by atoms with Crippen LogP contribution in [0.1, 0.15) is 31.2 Å². The number of likely N-dealkylation sites (tertiary alicyclic amines) is 1. The van der Waals surface area contributed by atoms with Crippen LogP contribution in [-0.2, 0) is 25.6 Å². The minimum Gasteiger partial charge on any atom is -0.480 e. The maximum Gasteiger partial charge on any atom is 0.328 e. The summed E-state index contributed by atoms with van der Waals surface area (Å²) in [6.07, 6.45) is 1.72. The number of hydrogen-bond donors (Lipinski definition) is 5. The third-order valence-corrected chi connectivity index (χ3v) is 6.16. The Bertz CT molecular complexity index is 907. The molecule has 2 rings (SSSR count). The summed E-state index contributed by atoms with van der Waals surface area (Å²) in [6, 6.07) is 8.66. The fourth-order valence-corrected chi connectivity index (χ4v) is 4.02. The zero-order chi connectivity index (χ0) is 25.1. The lowest BCUT2D eigenvalue weighted by Gasteiger charge is -2.23. The second kappa shape index (κ2) is 13.6. The predicted molar refractivity (Wildman–Crippen MR) is 128 cm³/mol. The van der Waals surface area contributed by atoms with Crippen LogP contribution in [0, 0.1) is 17.2 Å². The Labute approximate surface area is 204 Å². The van der Waals surface area contributed by atoms with Crippen LogP contribution in [0.15, 0.2) is 30.3 Å². The number of nitrogens with two attached hydrogens (primary N) is 1. The maximum atomic E-state index is 12.6. The van der Waals surface area contributed by atoms with E-state index in [-0.39, 0.29) is 31.0 Å². The number of nitriles is 1. The molecule has 1 heterocycles. The first kappa shape index (κ1) is 27.1. The monoisotopic (exact) mass is 489 g/mol. The zero-order valence-corrected chi connectivity index (χ0v) is 19.7. The van der Waals surface area contributed by atoms with Crippen molar-refractivity contribution in [2.45, 2.75) is 50.2 Å². The predicted octanol–water partition coefficient (Wildman–Crippen LogP) is 0.0828. The van der Waals surface area contributed by atoms with Crippen LogP contribution in [0.25, 0.3) is 0 Å². The highest BCUT2D eigenvalue weighted by atomic mass is 32.1. The van der Waals surface area contributed by atoms with Crippen molar-refractivity contribution in [1.82, 2.24) is 15.5 Å². The van der Waals surface area contributed by atoms with E-state index < -0.39 is 41.8 Å². The van der Waals surface area contributed by atoms with Crippen molar-refractivity contribution in [3.8, 4) is 6.07 Å². The normalized spacial score (nSPS) is 17.8. The third-order valence-electron chi connectivity index (χ3n) is 5.72. The largest absolute Gasteiger partial charge is 0.480 e. The SMILES string of the molecule is N#C[C@@H]1CCCN1C(=O)[C@H](N)CCC(=O)NCC(NC(=O)C(CS)Cc1ccccc1)C(=O)O. The lowest BCUT2D eigenvalue weighted by molar-refractivity contribution is -0.142. The Morgan fingerprint density at radius 1 is 1.26 bits per heavy atom. The number of aliphatic carboxylic acids is 1. The molecule has 0 radical (unpaired) electrons. The standard InChI is InChI=1S/C23H31N5O5S/c24-12-17-7-4-10-28(17)22(31)18(25)8-9-20(29)26-13-19(23(32)33)27-21(30)16(14-34)11-15-5-2-1-3-6-15/h1-3,5-6,16-19,34H,4,7-11,13-14,25H2,(H,26,29)(H,27,30)(H,32,33)/t16?,17-,18+,19?/m0/s1. The molecule has 1 aromatic carbocycles. The summed E-state index contributed by atoms with van der Waals surface area (Å²) >= 11 is 4.21. The zero-order valence-electron chi connectivity index (χ0n) is 18.9. The number of carboxylic acid groups (broad SMARTS) is 1. The molecule has 0 aliphatic carbocycles. The van der Waals surface area contributed by atoms with Crippen molar-refractivity contribution in [3.63, 3.8) is 0 Å². The summed E-state index contributed by atoms with van der Waals surface area (Å²) in [5, 5.41) is 23.5. The summed E-state index contributed by atoms with van der Waals surface area (Å²) in [5.41, 5.74) is 6.83. The van der Waals surface area contributed by atoms with Gasteiger partial charge in [0.1, 0.15) is 12.1 Å². The molecule has 184 valence electrons. The van der Waals surface area contributed by atoms with Crippen LogP contribution in [0.3, 0.4) is 0 Å². The van der Waals surface area contributed by atoms with E-state index in [1.54, 1.807) is 0 Å². The van der Waals surface area contributed by atoms with E-state index in [0.717, 1.165) is 12.0 Å². The highest BCUT2D eigenvalue weighted by Crippen LogP contribution is 2.18. The first-order valence-corrected chi connectivity index (χ1v) is 11.8. The van der Waals surface area contributed by atoms with Gasteiger partial charge in [-0.1, -0.05) is 30.3 Å². The van der Waals surface area contributed by atoms with Crippen LogP contribution in [0.4, 0.5) is 0 Å². The van der Waals surface area contributed by atoms with Gasteiger partial charge in [0.05, 0.1) is 18.0 Å². The number of carbonyl (C=O) groups excluding carboxylic acids is 3. The molecular formula is C23H31N5O5S. The molecule has 0 aromatic heterocycles. The van der Waals surface area contributed by atoms with Crippen molar-refractivity contribution < 1.29 is 24.3 Å². The number of carbonyl (C=O) groups is 4. The Hall–Kier alpha value is -3.10. The van der Waals surface area contributed by atoms with E-state index in [9.17, 15) is 24.3 Å². The fraction of sp³-hybridized carbons (Fsp3) is 0.522. The molecule has 5 N–H and O–H groups in total. The van der Waals surface area contributed by atoms with Gasteiger partial charge in [-0.3, -0.25) is 14.4 Å². The molecule has 1 saturated heterocycles. The molecule has 1 fully saturated rings. The van der Waals surface area contributed by atoms with E-state index in [1.165, 1.54) is 4.90 Å². The van der Waals surface area contributed by atoms with Gasteiger partial charge in [0.15, 0.2) is 0 Å².